The highest BCUT2D eigenvalue weighted by Gasteiger charge is 2.19. The van der Waals surface area contributed by atoms with Gasteiger partial charge < -0.3 is 15.4 Å². The fraction of sp³-hybridized carbons (Fsp3) is 0.500. The topological polar surface area (TPSA) is 93.5 Å². The fourth-order valence-electron chi connectivity index (χ4n) is 2.29. The Balaban J connectivity index is 2.03. The normalized spacial score (nSPS) is 18.3. The van der Waals surface area contributed by atoms with Crippen LogP contribution in [0.2, 0.25) is 0 Å². The predicted molar refractivity (Wildman–Crippen MR) is 78.4 cm³/mol. The molecule has 0 saturated carbocycles. The van der Waals surface area contributed by atoms with E-state index in [-0.39, 0.29) is 24.1 Å². The van der Waals surface area contributed by atoms with E-state index in [4.69, 9.17) is 4.74 Å². The average molecular weight is 293 g/mol. The highest BCUT2D eigenvalue weighted by molar-refractivity contribution is 5.92. The third-order valence-corrected chi connectivity index (χ3v) is 3.43. The first-order chi connectivity index (χ1) is 9.97. The van der Waals surface area contributed by atoms with E-state index in [9.17, 15) is 14.9 Å². The Morgan fingerprint density at radius 3 is 2.86 bits per heavy atom. The van der Waals surface area contributed by atoms with Gasteiger partial charge in [0, 0.05) is 30.4 Å². The minimum absolute atomic E-state index is 0.0605. The second-order valence-corrected chi connectivity index (χ2v) is 5.16. The lowest BCUT2D eigenvalue weighted by Crippen LogP contribution is -2.40. The third kappa shape index (κ3) is 3.99. The average Bonchev–Trinajstić information content (AvgIpc) is 2.43. The molecule has 1 aliphatic heterocycles. The number of aryl methyl sites for hydroxylation is 2. The maximum atomic E-state index is 12.0. The molecular formula is C14H19N3O4. The molecule has 0 bridgehead atoms. The molecule has 1 heterocycles. The Morgan fingerprint density at radius 1 is 1.48 bits per heavy atom. The van der Waals surface area contributed by atoms with Gasteiger partial charge in [-0.25, -0.2) is 0 Å². The zero-order chi connectivity index (χ0) is 15.4. The standard InChI is InChI=1S/C14H19N3O4/c1-9-6-13(17(19)20)10(2)5-12(9)16-14(18)7-11-8-15-3-4-21-11/h5-6,11,15H,3-4,7-8H2,1-2H3,(H,16,18). The summed E-state index contributed by atoms with van der Waals surface area (Å²) >= 11 is 0. The molecule has 1 fully saturated rings. The van der Waals surface area contributed by atoms with Crippen molar-refractivity contribution in [3.8, 4) is 0 Å². The molecule has 2 rings (SSSR count). The van der Waals surface area contributed by atoms with Crippen LogP contribution in [-0.2, 0) is 9.53 Å². The molecule has 0 aliphatic carbocycles. The summed E-state index contributed by atoms with van der Waals surface area (Å²) in [6.45, 7) is 5.46. The minimum atomic E-state index is -0.421. The SMILES string of the molecule is Cc1cc([N+](=O)[O-])c(C)cc1NC(=O)CC1CNCCO1. The Kier molecular flexibility index (Phi) is 4.87. The van der Waals surface area contributed by atoms with Crippen molar-refractivity contribution in [2.24, 2.45) is 0 Å². The van der Waals surface area contributed by atoms with E-state index in [0.29, 0.717) is 30.0 Å². The molecule has 0 aromatic heterocycles. The van der Waals surface area contributed by atoms with E-state index in [2.05, 4.69) is 10.6 Å². The molecule has 0 spiro atoms. The number of nitrogens with one attached hydrogen (secondary N) is 2. The van der Waals surface area contributed by atoms with Crippen LogP contribution < -0.4 is 10.6 Å². The molecule has 1 aromatic rings. The minimum Gasteiger partial charge on any atom is -0.375 e. The maximum absolute atomic E-state index is 12.0. The van der Waals surface area contributed by atoms with E-state index >= 15 is 0 Å². The van der Waals surface area contributed by atoms with E-state index in [0.717, 1.165) is 6.54 Å². The number of nitro groups is 1. The number of rotatable bonds is 4. The van der Waals surface area contributed by atoms with Crippen molar-refractivity contribution in [2.45, 2.75) is 26.4 Å². The molecule has 114 valence electrons. The molecule has 1 atom stereocenters. The molecular weight excluding hydrogens is 274 g/mol. The quantitative estimate of drug-likeness (QED) is 0.648. The number of carbonyl (C=O) groups excluding carboxylic acids is 1. The van der Waals surface area contributed by atoms with Crippen molar-refractivity contribution in [2.75, 3.05) is 25.0 Å². The lowest BCUT2D eigenvalue weighted by molar-refractivity contribution is -0.385. The summed E-state index contributed by atoms with van der Waals surface area (Å²) in [5.74, 6) is -0.153. The highest BCUT2D eigenvalue weighted by atomic mass is 16.6. The lowest BCUT2D eigenvalue weighted by atomic mass is 10.1. The van der Waals surface area contributed by atoms with E-state index in [1.165, 1.54) is 6.07 Å². The van der Waals surface area contributed by atoms with Crippen molar-refractivity contribution >= 4 is 17.3 Å². The number of nitrogens with zero attached hydrogens (tertiary/aromatic N) is 1. The molecule has 21 heavy (non-hydrogen) atoms. The molecule has 1 aliphatic rings. The third-order valence-electron chi connectivity index (χ3n) is 3.43. The Labute approximate surface area is 122 Å². The van der Waals surface area contributed by atoms with E-state index in [1.54, 1.807) is 19.9 Å². The number of hydrogen-bond donors (Lipinski definition) is 2. The van der Waals surface area contributed by atoms with Crippen LogP contribution in [0.4, 0.5) is 11.4 Å². The van der Waals surface area contributed by atoms with Gasteiger partial charge in [-0.3, -0.25) is 14.9 Å². The summed E-state index contributed by atoms with van der Waals surface area (Å²) in [4.78, 5) is 22.5. The molecule has 2 N–H and O–H groups in total. The predicted octanol–water partition coefficient (Wildman–Crippen LogP) is 1.53. The van der Waals surface area contributed by atoms with Crippen LogP contribution in [0.1, 0.15) is 17.5 Å². The molecule has 1 amide bonds. The molecule has 7 heteroatoms. The van der Waals surface area contributed by atoms with Gasteiger partial charge in [0.2, 0.25) is 5.91 Å². The first kappa shape index (κ1) is 15.4. The Bertz CT molecular complexity index is 553. The number of morpholine rings is 1. The van der Waals surface area contributed by atoms with Crippen LogP contribution in [0, 0.1) is 24.0 Å². The largest absolute Gasteiger partial charge is 0.375 e. The van der Waals surface area contributed by atoms with Crippen molar-refractivity contribution in [3.63, 3.8) is 0 Å². The summed E-state index contributed by atoms with van der Waals surface area (Å²) in [6, 6.07) is 3.11. The van der Waals surface area contributed by atoms with Gasteiger partial charge >= 0.3 is 0 Å². The first-order valence-corrected chi connectivity index (χ1v) is 6.85. The molecule has 7 nitrogen and oxygen atoms in total. The van der Waals surface area contributed by atoms with Gasteiger partial charge in [-0.15, -0.1) is 0 Å². The van der Waals surface area contributed by atoms with E-state index < -0.39 is 4.92 Å². The second kappa shape index (κ2) is 6.64. The number of amides is 1. The van der Waals surface area contributed by atoms with Gasteiger partial charge in [0.05, 0.1) is 24.1 Å². The van der Waals surface area contributed by atoms with Crippen molar-refractivity contribution < 1.29 is 14.5 Å². The second-order valence-electron chi connectivity index (χ2n) is 5.16. The molecule has 1 unspecified atom stereocenters. The van der Waals surface area contributed by atoms with Crippen LogP contribution in [-0.4, -0.2) is 36.6 Å². The van der Waals surface area contributed by atoms with Gasteiger partial charge in [-0.05, 0) is 25.5 Å². The Hall–Kier alpha value is -1.99. The first-order valence-electron chi connectivity index (χ1n) is 6.85. The van der Waals surface area contributed by atoms with Crippen molar-refractivity contribution in [1.82, 2.24) is 5.32 Å². The fourth-order valence-corrected chi connectivity index (χ4v) is 2.29. The number of benzene rings is 1. The zero-order valence-electron chi connectivity index (χ0n) is 12.1. The van der Waals surface area contributed by atoms with Crippen molar-refractivity contribution in [3.05, 3.63) is 33.4 Å². The van der Waals surface area contributed by atoms with Gasteiger partial charge in [0.1, 0.15) is 0 Å². The summed E-state index contributed by atoms with van der Waals surface area (Å²) in [5.41, 5.74) is 1.86. The summed E-state index contributed by atoms with van der Waals surface area (Å²) in [6.07, 6.45) is 0.140. The van der Waals surface area contributed by atoms with Crippen LogP contribution >= 0.6 is 0 Å². The number of ether oxygens (including phenoxy) is 1. The van der Waals surface area contributed by atoms with Crippen LogP contribution in [0.15, 0.2) is 12.1 Å². The zero-order valence-corrected chi connectivity index (χ0v) is 12.1. The number of anilines is 1. The maximum Gasteiger partial charge on any atom is 0.272 e. The van der Waals surface area contributed by atoms with Gasteiger partial charge in [0.25, 0.3) is 5.69 Å². The summed E-state index contributed by atoms with van der Waals surface area (Å²) in [5, 5.41) is 16.8. The van der Waals surface area contributed by atoms with Crippen LogP contribution in [0.3, 0.4) is 0 Å². The van der Waals surface area contributed by atoms with Gasteiger partial charge in [0.15, 0.2) is 0 Å². The summed E-state index contributed by atoms with van der Waals surface area (Å²) < 4.78 is 5.48. The smallest absolute Gasteiger partial charge is 0.272 e. The monoisotopic (exact) mass is 293 g/mol. The summed E-state index contributed by atoms with van der Waals surface area (Å²) in [7, 11) is 0. The molecule has 1 aromatic carbocycles. The molecule has 1 saturated heterocycles. The lowest BCUT2D eigenvalue weighted by Gasteiger charge is -2.23. The number of nitro benzene ring substituents is 1. The number of carbonyl (C=O) groups is 1. The number of hydrogen-bond acceptors (Lipinski definition) is 5. The van der Waals surface area contributed by atoms with Gasteiger partial charge in [-0.1, -0.05) is 0 Å². The van der Waals surface area contributed by atoms with Crippen LogP contribution in [0.5, 0.6) is 0 Å². The van der Waals surface area contributed by atoms with Crippen molar-refractivity contribution in [1.29, 1.82) is 0 Å². The molecule has 0 radical (unpaired) electrons. The van der Waals surface area contributed by atoms with Gasteiger partial charge in [-0.2, -0.15) is 0 Å². The van der Waals surface area contributed by atoms with E-state index in [1.807, 2.05) is 0 Å². The Morgan fingerprint density at radius 2 is 2.24 bits per heavy atom. The highest BCUT2D eigenvalue weighted by Crippen LogP contribution is 2.26. The van der Waals surface area contributed by atoms with Crippen LogP contribution in [0.25, 0.3) is 0 Å².